The predicted octanol–water partition coefficient (Wildman–Crippen LogP) is 0.150. The van der Waals surface area contributed by atoms with Crippen molar-refractivity contribution in [2.75, 3.05) is 5.73 Å². The maximum Gasteiger partial charge on any atom is 0.300 e. The summed E-state index contributed by atoms with van der Waals surface area (Å²) >= 11 is 4.23. The average molecular weight is 211 g/mol. The molecule has 0 aliphatic carbocycles. The molecule has 0 aromatic carbocycles. The zero-order chi connectivity index (χ0) is 10.3. The van der Waals surface area contributed by atoms with E-state index in [0.717, 1.165) is 0 Å². The van der Waals surface area contributed by atoms with Crippen LogP contribution in [0.3, 0.4) is 0 Å². The lowest BCUT2D eigenvalue weighted by molar-refractivity contribution is 0.755. The number of nitrogens with one attached hydrogen (secondary N) is 1. The first-order valence-corrected chi connectivity index (χ1v) is 4.52. The molecule has 1 unspecified atom stereocenters. The topological polar surface area (TPSA) is 89.6 Å². The summed E-state index contributed by atoms with van der Waals surface area (Å²) in [7, 11) is 0. The molecule has 0 fully saturated rings. The normalized spacial score (nSPS) is 13.3. The third kappa shape index (κ3) is 1.17. The van der Waals surface area contributed by atoms with E-state index in [1.165, 1.54) is 6.33 Å². The van der Waals surface area contributed by atoms with Crippen molar-refractivity contribution in [1.29, 1.82) is 0 Å². The third-order valence-electron chi connectivity index (χ3n) is 1.90. The summed E-state index contributed by atoms with van der Waals surface area (Å²) in [6, 6.07) is 0. The van der Waals surface area contributed by atoms with Gasteiger partial charge in [0.15, 0.2) is 11.2 Å². The van der Waals surface area contributed by atoms with Gasteiger partial charge in [0.25, 0.3) is 0 Å². The maximum atomic E-state index is 11.3. The Labute approximate surface area is 84.6 Å². The highest BCUT2D eigenvalue weighted by Crippen LogP contribution is 2.18. The van der Waals surface area contributed by atoms with Crippen molar-refractivity contribution in [1.82, 2.24) is 19.5 Å². The fourth-order valence-electron chi connectivity index (χ4n) is 1.32. The molecule has 0 saturated heterocycles. The molecular weight excluding hydrogens is 202 g/mol. The molecule has 3 N–H and O–H groups in total. The molecule has 0 amide bonds. The van der Waals surface area contributed by atoms with E-state index in [-0.39, 0.29) is 11.3 Å². The van der Waals surface area contributed by atoms with Gasteiger partial charge in [0.1, 0.15) is 0 Å². The lowest BCUT2D eigenvalue weighted by atomic mass is 10.5. The Kier molecular flexibility index (Phi) is 1.95. The second-order valence-electron chi connectivity index (χ2n) is 2.88. The van der Waals surface area contributed by atoms with Crippen LogP contribution in [0, 0.1) is 0 Å². The maximum absolute atomic E-state index is 11.3. The summed E-state index contributed by atoms with van der Waals surface area (Å²) in [5.74, 6) is 0.122. The van der Waals surface area contributed by atoms with Crippen LogP contribution in [-0.2, 0) is 0 Å². The molecule has 0 bridgehead atoms. The molecule has 0 spiro atoms. The molecule has 0 saturated carbocycles. The number of hydrogen-bond acceptors (Lipinski definition) is 5. The van der Waals surface area contributed by atoms with Crippen LogP contribution in [0.5, 0.6) is 0 Å². The molecule has 7 heteroatoms. The molecule has 0 aliphatic heterocycles. The summed E-state index contributed by atoms with van der Waals surface area (Å²) in [6.07, 6.45) is 1.43. The second-order valence-corrected chi connectivity index (χ2v) is 3.63. The molecule has 74 valence electrons. The van der Waals surface area contributed by atoms with Crippen molar-refractivity contribution in [3.63, 3.8) is 0 Å². The van der Waals surface area contributed by atoms with E-state index in [2.05, 4.69) is 27.6 Å². The highest BCUT2D eigenvalue weighted by atomic mass is 32.1. The first-order valence-electron chi connectivity index (χ1n) is 4.00. The number of anilines is 1. The molecule has 2 aromatic rings. The zero-order valence-corrected chi connectivity index (χ0v) is 8.32. The number of aromatic amines is 1. The van der Waals surface area contributed by atoms with Crippen LogP contribution in [0.15, 0.2) is 11.1 Å². The van der Waals surface area contributed by atoms with Gasteiger partial charge in [-0.3, -0.25) is 9.36 Å². The van der Waals surface area contributed by atoms with Crippen LogP contribution >= 0.6 is 12.6 Å². The summed E-state index contributed by atoms with van der Waals surface area (Å²) in [4.78, 5) is 21.7. The van der Waals surface area contributed by atoms with Crippen molar-refractivity contribution in [3.8, 4) is 0 Å². The summed E-state index contributed by atoms with van der Waals surface area (Å²) in [6.45, 7) is 1.82. The largest absolute Gasteiger partial charge is 0.369 e. The minimum Gasteiger partial charge on any atom is -0.369 e. The van der Waals surface area contributed by atoms with E-state index in [0.29, 0.717) is 11.2 Å². The van der Waals surface area contributed by atoms with Gasteiger partial charge in [0.2, 0.25) is 5.95 Å². The number of fused-ring (bicyclic) bond motifs is 1. The Hall–Kier alpha value is -1.50. The Morgan fingerprint density at radius 3 is 3.07 bits per heavy atom. The number of hydrogen-bond donors (Lipinski definition) is 3. The number of thiol groups is 1. The third-order valence-corrected chi connectivity index (χ3v) is 2.13. The first kappa shape index (κ1) is 9.07. The smallest absolute Gasteiger partial charge is 0.300 e. The number of H-pyrrole nitrogens is 1. The van der Waals surface area contributed by atoms with Crippen molar-refractivity contribution in [2.45, 2.75) is 12.3 Å². The first-order chi connectivity index (χ1) is 6.61. The fraction of sp³-hybridized carbons (Fsp3) is 0.286. The number of nitrogens with zero attached hydrogens (tertiary/aromatic N) is 3. The Morgan fingerprint density at radius 1 is 1.71 bits per heavy atom. The van der Waals surface area contributed by atoms with E-state index < -0.39 is 5.56 Å². The predicted molar refractivity (Wildman–Crippen MR) is 56.3 cm³/mol. The van der Waals surface area contributed by atoms with Gasteiger partial charge in [-0.25, -0.2) is 4.98 Å². The van der Waals surface area contributed by atoms with Crippen molar-refractivity contribution in [2.24, 2.45) is 0 Å². The molecule has 0 aliphatic rings. The van der Waals surface area contributed by atoms with Crippen LogP contribution in [0.1, 0.15) is 12.3 Å². The lowest BCUT2D eigenvalue weighted by Gasteiger charge is -2.12. The highest BCUT2D eigenvalue weighted by molar-refractivity contribution is 7.80. The number of rotatable bonds is 1. The van der Waals surface area contributed by atoms with Gasteiger partial charge in [0, 0.05) is 0 Å². The summed E-state index contributed by atoms with van der Waals surface area (Å²) in [5, 5.41) is -0.186. The minimum absolute atomic E-state index is 0.122. The molecular formula is C7H9N5OS. The highest BCUT2D eigenvalue weighted by Gasteiger charge is 2.12. The number of nitrogens with two attached hydrogens (primary N) is 1. The fourth-order valence-corrected chi connectivity index (χ4v) is 1.55. The zero-order valence-electron chi connectivity index (χ0n) is 7.43. The van der Waals surface area contributed by atoms with Crippen LogP contribution < -0.4 is 11.3 Å². The molecule has 0 radical (unpaired) electrons. The van der Waals surface area contributed by atoms with Crippen LogP contribution in [0.25, 0.3) is 11.2 Å². The van der Waals surface area contributed by atoms with Crippen molar-refractivity contribution >= 4 is 29.7 Å². The van der Waals surface area contributed by atoms with Gasteiger partial charge in [-0.1, -0.05) is 0 Å². The number of aromatic nitrogens is 4. The Balaban J connectivity index is 2.93. The van der Waals surface area contributed by atoms with E-state index in [4.69, 9.17) is 5.73 Å². The molecule has 2 rings (SSSR count). The molecule has 14 heavy (non-hydrogen) atoms. The minimum atomic E-state index is -0.403. The van der Waals surface area contributed by atoms with Gasteiger partial charge < -0.3 is 10.7 Å². The van der Waals surface area contributed by atoms with Crippen LogP contribution in [-0.4, -0.2) is 19.5 Å². The van der Waals surface area contributed by atoms with E-state index in [1.807, 2.05) is 6.92 Å². The van der Waals surface area contributed by atoms with Crippen molar-refractivity contribution < 1.29 is 0 Å². The average Bonchev–Trinajstić information content (AvgIpc) is 2.51. The molecule has 1 atom stereocenters. The Morgan fingerprint density at radius 2 is 2.43 bits per heavy atom. The number of nitrogen functional groups attached to an aromatic ring is 1. The summed E-state index contributed by atoms with van der Waals surface area (Å²) < 4.78 is 1.58. The summed E-state index contributed by atoms with van der Waals surface area (Å²) in [5.41, 5.74) is 6.02. The number of imidazole rings is 1. The quantitative estimate of drug-likeness (QED) is 0.586. The van der Waals surface area contributed by atoms with Gasteiger partial charge >= 0.3 is 5.56 Å². The van der Waals surface area contributed by atoms with Gasteiger partial charge in [-0.2, -0.15) is 17.6 Å². The second kappa shape index (κ2) is 3.02. The van der Waals surface area contributed by atoms with E-state index in [9.17, 15) is 4.79 Å². The van der Waals surface area contributed by atoms with Gasteiger partial charge in [-0.15, -0.1) is 0 Å². The molecule has 6 nitrogen and oxygen atoms in total. The van der Waals surface area contributed by atoms with Gasteiger partial charge in [-0.05, 0) is 6.92 Å². The molecule has 2 heterocycles. The van der Waals surface area contributed by atoms with E-state index >= 15 is 0 Å². The Bertz CT molecular complexity index is 528. The van der Waals surface area contributed by atoms with Gasteiger partial charge in [0.05, 0.1) is 11.7 Å². The van der Waals surface area contributed by atoms with Crippen LogP contribution in [0.4, 0.5) is 5.95 Å². The van der Waals surface area contributed by atoms with Crippen molar-refractivity contribution in [3.05, 3.63) is 16.7 Å². The van der Waals surface area contributed by atoms with E-state index in [1.54, 1.807) is 4.57 Å². The SMILES string of the molecule is CC(S)n1c(N)nc(=O)c2[nH]cnc21. The standard InChI is InChI=1S/C7H9N5OS/c1-3(14)12-5-4(9-2-10-5)6(13)11-7(12)8/h2-3,14H,1H3,(H,9,10)(H2,8,11,13). The lowest BCUT2D eigenvalue weighted by Crippen LogP contribution is -2.18. The molecule has 2 aromatic heterocycles. The van der Waals surface area contributed by atoms with Crippen LogP contribution in [0.2, 0.25) is 0 Å². The monoisotopic (exact) mass is 211 g/mol.